The van der Waals surface area contributed by atoms with E-state index in [1.165, 1.54) is 4.68 Å². The lowest BCUT2D eigenvalue weighted by Crippen LogP contribution is -2.20. The molecule has 0 saturated heterocycles. The fourth-order valence-corrected chi connectivity index (χ4v) is 5.09. The zero-order valence-electron chi connectivity index (χ0n) is 22.2. The number of hydrogen-bond acceptors (Lipinski definition) is 8. The van der Waals surface area contributed by atoms with E-state index >= 15 is 0 Å². The van der Waals surface area contributed by atoms with Gasteiger partial charge in [-0.2, -0.15) is 9.78 Å². The first-order chi connectivity index (χ1) is 20.6. The summed E-state index contributed by atoms with van der Waals surface area (Å²) in [5.74, 6) is 3.21. The summed E-state index contributed by atoms with van der Waals surface area (Å²) in [5.41, 5.74) is 2.54. The highest BCUT2D eigenvalue weighted by Gasteiger charge is 2.17. The smallest absolute Gasteiger partial charge is 0.282 e. The number of methoxy groups -OCH3 is 1. The van der Waals surface area contributed by atoms with Gasteiger partial charge in [-0.15, -0.1) is 0 Å². The average molecular weight is 624 g/mol. The molecule has 0 amide bonds. The Labute approximate surface area is 247 Å². The molecule has 1 aliphatic rings. The van der Waals surface area contributed by atoms with Gasteiger partial charge in [0.05, 0.1) is 24.2 Å². The summed E-state index contributed by atoms with van der Waals surface area (Å²) in [6.45, 7) is 0.533. The molecule has 42 heavy (non-hydrogen) atoms. The lowest BCUT2D eigenvalue weighted by Gasteiger charge is -2.12. The van der Waals surface area contributed by atoms with Crippen LogP contribution in [0.5, 0.6) is 23.0 Å². The third-order valence-corrected chi connectivity index (χ3v) is 7.29. The summed E-state index contributed by atoms with van der Waals surface area (Å²) in [6, 6.07) is 25.8. The summed E-state index contributed by atoms with van der Waals surface area (Å²) in [7, 11) is 1.57. The van der Waals surface area contributed by atoms with Crippen LogP contribution in [-0.4, -0.2) is 29.8 Å². The zero-order chi connectivity index (χ0) is 28.6. The standard InChI is InChI=1S/C32H22BrN3O6/c1-38-28-12-19(6-9-26(28)39-17-20-7-10-27-29(13-20)41-18-40-27)16-34-36-31(35-24-5-3-2-4-23(24)32(36)37)30-15-21-14-22(33)8-11-25(21)42-30/h2-16H,17-18H2,1H3. The summed E-state index contributed by atoms with van der Waals surface area (Å²) < 4.78 is 30.7. The molecule has 0 atom stereocenters. The van der Waals surface area contributed by atoms with Crippen LogP contribution in [0.1, 0.15) is 11.1 Å². The molecular weight excluding hydrogens is 602 g/mol. The van der Waals surface area contributed by atoms with Gasteiger partial charge in [0.2, 0.25) is 12.6 Å². The van der Waals surface area contributed by atoms with Gasteiger partial charge in [-0.25, -0.2) is 4.98 Å². The molecule has 6 aromatic rings. The zero-order valence-corrected chi connectivity index (χ0v) is 23.8. The minimum absolute atomic E-state index is 0.218. The first-order valence-electron chi connectivity index (χ1n) is 13.0. The van der Waals surface area contributed by atoms with Gasteiger partial charge in [-0.05, 0) is 77.9 Å². The quantitative estimate of drug-likeness (QED) is 0.181. The molecule has 208 valence electrons. The van der Waals surface area contributed by atoms with Gasteiger partial charge < -0.3 is 23.4 Å². The van der Waals surface area contributed by atoms with Crippen molar-refractivity contribution in [3.63, 3.8) is 0 Å². The van der Waals surface area contributed by atoms with Crippen LogP contribution in [0.2, 0.25) is 0 Å². The molecule has 0 bridgehead atoms. The molecule has 1 aliphatic heterocycles. The minimum Gasteiger partial charge on any atom is -0.493 e. The number of nitrogens with zero attached hydrogens (tertiary/aromatic N) is 3. The molecule has 4 aromatic carbocycles. The van der Waals surface area contributed by atoms with E-state index < -0.39 is 0 Å². The van der Waals surface area contributed by atoms with Crippen molar-refractivity contribution in [2.75, 3.05) is 13.9 Å². The second-order valence-electron chi connectivity index (χ2n) is 9.49. The van der Waals surface area contributed by atoms with E-state index in [1.807, 2.05) is 54.6 Å². The number of rotatable bonds is 7. The highest BCUT2D eigenvalue weighted by molar-refractivity contribution is 9.10. The highest BCUT2D eigenvalue weighted by Crippen LogP contribution is 2.34. The van der Waals surface area contributed by atoms with E-state index in [-0.39, 0.29) is 18.2 Å². The molecule has 3 heterocycles. The van der Waals surface area contributed by atoms with Crippen molar-refractivity contribution in [1.82, 2.24) is 9.66 Å². The Balaban J connectivity index is 1.21. The molecule has 2 aromatic heterocycles. The highest BCUT2D eigenvalue weighted by atomic mass is 79.9. The average Bonchev–Trinajstić information content (AvgIpc) is 3.66. The lowest BCUT2D eigenvalue weighted by atomic mass is 10.2. The Hall–Kier alpha value is -5.09. The van der Waals surface area contributed by atoms with Crippen LogP contribution >= 0.6 is 15.9 Å². The van der Waals surface area contributed by atoms with Crippen LogP contribution in [0, 0.1) is 0 Å². The van der Waals surface area contributed by atoms with E-state index in [2.05, 4.69) is 21.0 Å². The molecule has 9 nitrogen and oxygen atoms in total. The Morgan fingerprint density at radius 1 is 0.976 bits per heavy atom. The summed E-state index contributed by atoms with van der Waals surface area (Å²) in [6.07, 6.45) is 1.57. The van der Waals surface area contributed by atoms with Gasteiger partial charge in [0.25, 0.3) is 5.56 Å². The van der Waals surface area contributed by atoms with Crippen LogP contribution in [0.4, 0.5) is 0 Å². The molecule has 0 unspecified atom stereocenters. The predicted octanol–water partition coefficient (Wildman–Crippen LogP) is 6.77. The number of fused-ring (bicyclic) bond motifs is 3. The van der Waals surface area contributed by atoms with E-state index in [4.69, 9.17) is 28.3 Å². The number of benzene rings is 4. The van der Waals surface area contributed by atoms with Crippen molar-refractivity contribution in [2.45, 2.75) is 6.61 Å². The number of para-hydroxylation sites is 1. The van der Waals surface area contributed by atoms with Crippen molar-refractivity contribution in [2.24, 2.45) is 5.10 Å². The maximum atomic E-state index is 13.6. The lowest BCUT2D eigenvalue weighted by molar-refractivity contribution is 0.174. The van der Waals surface area contributed by atoms with Crippen LogP contribution in [0.15, 0.2) is 104 Å². The van der Waals surface area contributed by atoms with Crippen LogP contribution in [0.3, 0.4) is 0 Å². The minimum atomic E-state index is -0.316. The molecule has 7 rings (SSSR count). The molecule has 0 fully saturated rings. The van der Waals surface area contributed by atoms with Crippen molar-refractivity contribution in [1.29, 1.82) is 0 Å². The first kappa shape index (κ1) is 25.8. The van der Waals surface area contributed by atoms with Crippen molar-refractivity contribution in [3.05, 3.63) is 111 Å². The fraction of sp³-hybridized carbons (Fsp3) is 0.0938. The van der Waals surface area contributed by atoms with E-state index in [1.54, 1.807) is 43.7 Å². The topological polar surface area (TPSA) is 97.3 Å². The predicted molar refractivity (Wildman–Crippen MR) is 162 cm³/mol. The van der Waals surface area contributed by atoms with Gasteiger partial charge >= 0.3 is 0 Å². The first-order valence-corrected chi connectivity index (χ1v) is 13.8. The normalized spacial score (nSPS) is 12.4. The van der Waals surface area contributed by atoms with E-state index in [0.717, 1.165) is 21.2 Å². The largest absolute Gasteiger partial charge is 0.493 e. The van der Waals surface area contributed by atoms with Gasteiger partial charge in [-0.1, -0.05) is 34.1 Å². The van der Waals surface area contributed by atoms with Crippen molar-refractivity contribution in [3.8, 4) is 34.6 Å². The third-order valence-electron chi connectivity index (χ3n) is 6.79. The second-order valence-corrected chi connectivity index (χ2v) is 10.4. The Bertz CT molecular complexity index is 2070. The molecule has 0 radical (unpaired) electrons. The summed E-state index contributed by atoms with van der Waals surface area (Å²) >= 11 is 3.49. The van der Waals surface area contributed by atoms with Gasteiger partial charge in [0.15, 0.2) is 28.8 Å². The van der Waals surface area contributed by atoms with Crippen LogP contribution in [0.25, 0.3) is 33.5 Å². The summed E-state index contributed by atoms with van der Waals surface area (Å²) in [5, 5.41) is 5.87. The maximum Gasteiger partial charge on any atom is 0.282 e. The van der Waals surface area contributed by atoms with Crippen LogP contribution in [-0.2, 0) is 6.61 Å². The second kappa shape index (κ2) is 10.7. The third kappa shape index (κ3) is 4.86. The Kier molecular flexibility index (Phi) is 6.59. The van der Waals surface area contributed by atoms with Gasteiger partial charge in [-0.3, -0.25) is 4.79 Å². The maximum absolute atomic E-state index is 13.6. The number of ether oxygens (including phenoxy) is 4. The molecule has 0 aliphatic carbocycles. The van der Waals surface area contributed by atoms with Crippen molar-refractivity contribution >= 4 is 44.0 Å². The summed E-state index contributed by atoms with van der Waals surface area (Å²) in [4.78, 5) is 18.3. The molecule has 10 heteroatoms. The van der Waals surface area contributed by atoms with Crippen molar-refractivity contribution < 1.29 is 23.4 Å². The van der Waals surface area contributed by atoms with Crippen LogP contribution < -0.4 is 24.5 Å². The van der Waals surface area contributed by atoms with E-state index in [9.17, 15) is 4.79 Å². The Morgan fingerprint density at radius 2 is 1.86 bits per heavy atom. The van der Waals surface area contributed by atoms with Gasteiger partial charge in [0.1, 0.15) is 12.2 Å². The monoisotopic (exact) mass is 623 g/mol. The molecule has 0 saturated carbocycles. The fourth-order valence-electron chi connectivity index (χ4n) is 4.71. The molecule has 0 N–H and O–H groups in total. The number of aromatic nitrogens is 2. The number of halogens is 1. The van der Waals surface area contributed by atoms with E-state index in [0.29, 0.717) is 51.7 Å². The number of furan rings is 1. The SMILES string of the molecule is COc1cc(C=Nn2c(-c3cc4cc(Br)ccc4o3)nc3ccccc3c2=O)ccc1OCc1ccc2c(c1)OCO2. The Morgan fingerprint density at radius 3 is 2.76 bits per heavy atom. The molecule has 0 spiro atoms. The molecular formula is C32H22BrN3O6. The van der Waals surface area contributed by atoms with Gasteiger partial charge in [0, 0.05) is 9.86 Å². The number of hydrogen-bond donors (Lipinski definition) is 0.